The van der Waals surface area contributed by atoms with Gasteiger partial charge in [-0.3, -0.25) is 14.6 Å². The Labute approximate surface area is 150 Å². The standard InChI is InChI=1S/C20H17N3O3/c1-11-3-5-16-13(7-11)8-15(12(2)21-16)20(25)22-14-4-6-18-17(9-14)23-19(24)10-26-18/h3-9H,10H2,1-2H3,(H,22,25)(H,23,24). The van der Waals surface area contributed by atoms with Crippen molar-refractivity contribution in [1.82, 2.24) is 4.98 Å². The fraction of sp³-hybridized carbons (Fsp3) is 0.150. The number of fused-ring (bicyclic) bond motifs is 2. The Bertz CT molecular complexity index is 1060. The zero-order valence-corrected chi connectivity index (χ0v) is 14.4. The third kappa shape index (κ3) is 2.97. The normalized spacial score (nSPS) is 12.9. The van der Waals surface area contributed by atoms with Crippen molar-refractivity contribution in [2.75, 3.05) is 17.2 Å². The number of nitrogens with zero attached hydrogens (tertiary/aromatic N) is 1. The summed E-state index contributed by atoms with van der Waals surface area (Å²) in [5.74, 6) is 0.119. The number of aryl methyl sites for hydroxylation is 2. The van der Waals surface area contributed by atoms with Crippen molar-refractivity contribution in [3.05, 3.63) is 59.3 Å². The molecule has 0 atom stereocenters. The summed E-state index contributed by atoms with van der Waals surface area (Å²) in [6.45, 7) is 3.82. The molecule has 2 heterocycles. The van der Waals surface area contributed by atoms with E-state index >= 15 is 0 Å². The molecule has 0 saturated carbocycles. The van der Waals surface area contributed by atoms with Gasteiger partial charge in [-0.1, -0.05) is 11.6 Å². The Balaban J connectivity index is 1.64. The van der Waals surface area contributed by atoms with Gasteiger partial charge in [0.1, 0.15) is 5.75 Å². The van der Waals surface area contributed by atoms with Gasteiger partial charge < -0.3 is 15.4 Å². The van der Waals surface area contributed by atoms with Crippen molar-refractivity contribution in [3.8, 4) is 5.75 Å². The van der Waals surface area contributed by atoms with Crippen LogP contribution in [0.3, 0.4) is 0 Å². The number of amides is 2. The first kappa shape index (κ1) is 16.1. The minimum atomic E-state index is -0.249. The van der Waals surface area contributed by atoms with Crippen molar-refractivity contribution in [3.63, 3.8) is 0 Å². The second-order valence-corrected chi connectivity index (χ2v) is 6.32. The summed E-state index contributed by atoms with van der Waals surface area (Å²) in [6.07, 6.45) is 0. The van der Waals surface area contributed by atoms with E-state index in [4.69, 9.17) is 4.74 Å². The first-order valence-corrected chi connectivity index (χ1v) is 8.26. The lowest BCUT2D eigenvalue weighted by Gasteiger charge is -2.18. The Morgan fingerprint density at radius 3 is 2.85 bits per heavy atom. The molecule has 0 bridgehead atoms. The molecular weight excluding hydrogens is 330 g/mol. The monoisotopic (exact) mass is 347 g/mol. The lowest BCUT2D eigenvalue weighted by atomic mass is 10.1. The van der Waals surface area contributed by atoms with Gasteiger partial charge in [-0.05, 0) is 50.2 Å². The number of benzene rings is 2. The van der Waals surface area contributed by atoms with Crippen LogP contribution < -0.4 is 15.4 Å². The highest BCUT2D eigenvalue weighted by molar-refractivity contribution is 6.07. The molecule has 130 valence electrons. The maximum absolute atomic E-state index is 12.7. The van der Waals surface area contributed by atoms with Gasteiger partial charge in [0, 0.05) is 11.1 Å². The summed E-state index contributed by atoms with van der Waals surface area (Å²) >= 11 is 0. The predicted molar refractivity (Wildman–Crippen MR) is 99.7 cm³/mol. The largest absolute Gasteiger partial charge is 0.482 e. The average molecular weight is 347 g/mol. The van der Waals surface area contributed by atoms with Gasteiger partial charge in [-0.25, -0.2) is 0 Å². The second kappa shape index (κ2) is 6.15. The van der Waals surface area contributed by atoms with Crippen LogP contribution >= 0.6 is 0 Å². The van der Waals surface area contributed by atoms with Gasteiger partial charge in [0.05, 0.1) is 22.5 Å². The lowest BCUT2D eigenvalue weighted by Crippen LogP contribution is -2.25. The summed E-state index contributed by atoms with van der Waals surface area (Å²) in [5.41, 5.74) is 4.26. The van der Waals surface area contributed by atoms with E-state index in [0.717, 1.165) is 16.5 Å². The highest BCUT2D eigenvalue weighted by Crippen LogP contribution is 2.30. The molecule has 0 saturated heterocycles. The third-order valence-electron chi connectivity index (χ3n) is 4.28. The zero-order valence-electron chi connectivity index (χ0n) is 14.4. The molecule has 26 heavy (non-hydrogen) atoms. The van der Waals surface area contributed by atoms with Crippen molar-refractivity contribution in [1.29, 1.82) is 0 Å². The Kier molecular flexibility index (Phi) is 3.80. The van der Waals surface area contributed by atoms with Gasteiger partial charge in [-0.2, -0.15) is 0 Å². The molecule has 0 aliphatic carbocycles. The van der Waals surface area contributed by atoms with Crippen LogP contribution in [0.4, 0.5) is 11.4 Å². The summed E-state index contributed by atoms with van der Waals surface area (Å²) in [4.78, 5) is 28.7. The number of nitrogens with one attached hydrogen (secondary N) is 2. The number of aromatic nitrogens is 1. The minimum Gasteiger partial charge on any atom is -0.482 e. The van der Waals surface area contributed by atoms with Crippen LogP contribution in [-0.2, 0) is 4.79 Å². The Hall–Kier alpha value is -3.41. The molecule has 0 radical (unpaired) electrons. The minimum absolute atomic E-state index is 0.0000757. The van der Waals surface area contributed by atoms with Crippen LogP contribution in [-0.4, -0.2) is 23.4 Å². The summed E-state index contributed by atoms with van der Waals surface area (Å²) in [6, 6.07) is 12.9. The molecule has 1 aromatic heterocycles. The highest BCUT2D eigenvalue weighted by Gasteiger charge is 2.17. The van der Waals surface area contributed by atoms with Gasteiger partial charge >= 0.3 is 0 Å². The van der Waals surface area contributed by atoms with E-state index in [0.29, 0.717) is 28.4 Å². The zero-order chi connectivity index (χ0) is 18.3. The highest BCUT2D eigenvalue weighted by atomic mass is 16.5. The number of pyridine rings is 1. The molecule has 4 rings (SSSR count). The maximum atomic E-state index is 12.7. The van der Waals surface area contributed by atoms with E-state index in [1.807, 2.05) is 38.1 Å². The van der Waals surface area contributed by atoms with Gasteiger partial charge in [0.2, 0.25) is 0 Å². The van der Waals surface area contributed by atoms with Gasteiger partial charge in [-0.15, -0.1) is 0 Å². The quantitative estimate of drug-likeness (QED) is 0.744. The molecule has 0 unspecified atom stereocenters. The molecule has 2 amide bonds. The smallest absolute Gasteiger partial charge is 0.262 e. The number of hydrogen-bond acceptors (Lipinski definition) is 4. The summed E-state index contributed by atoms with van der Waals surface area (Å²) in [7, 11) is 0. The van der Waals surface area contributed by atoms with E-state index in [1.165, 1.54) is 0 Å². The molecule has 1 aliphatic heterocycles. The maximum Gasteiger partial charge on any atom is 0.262 e. The van der Waals surface area contributed by atoms with Crippen LogP contribution in [0.1, 0.15) is 21.6 Å². The van der Waals surface area contributed by atoms with Crippen LogP contribution in [0.15, 0.2) is 42.5 Å². The van der Waals surface area contributed by atoms with Crippen molar-refractivity contribution >= 4 is 34.1 Å². The third-order valence-corrected chi connectivity index (χ3v) is 4.28. The van der Waals surface area contributed by atoms with E-state index < -0.39 is 0 Å². The molecule has 3 aromatic rings. The number of hydrogen-bond donors (Lipinski definition) is 2. The number of ether oxygens (including phenoxy) is 1. The van der Waals surface area contributed by atoms with E-state index in [9.17, 15) is 9.59 Å². The van der Waals surface area contributed by atoms with Crippen LogP contribution in [0.25, 0.3) is 10.9 Å². The second-order valence-electron chi connectivity index (χ2n) is 6.32. The first-order valence-electron chi connectivity index (χ1n) is 8.26. The van der Waals surface area contributed by atoms with Crippen LogP contribution in [0, 0.1) is 13.8 Å². The number of carbonyl (C=O) groups excluding carboxylic acids is 2. The summed E-state index contributed by atoms with van der Waals surface area (Å²) < 4.78 is 5.32. The lowest BCUT2D eigenvalue weighted by molar-refractivity contribution is -0.118. The first-order chi connectivity index (χ1) is 12.5. The SMILES string of the molecule is Cc1ccc2nc(C)c(C(=O)Nc3ccc4c(c3)NC(=O)CO4)cc2c1. The van der Waals surface area contributed by atoms with Gasteiger partial charge in [0.25, 0.3) is 11.8 Å². The molecule has 1 aliphatic rings. The van der Waals surface area contributed by atoms with Crippen LogP contribution in [0.2, 0.25) is 0 Å². The summed E-state index contributed by atoms with van der Waals surface area (Å²) in [5, 5.41) is 6.51. The van der Waals surface area contributed by atoms with Crippen molar-refractivity contribution < 1.29 is 14.3 Å². The molecule has 6 heteroatoms. The molecule has 6 nitrogen and oxygen atoms in total. The van der Waals surface area contributed by atoms with Crippen molar-refractivity contribution in [2.45, 2.75) is 13.8 Å². The molecule has 2 aromatic carbocycles. The molecular formula is C20H17N3O3. The molecule has 0 spiro atoms. The van der Waals surface area contributed by atoms with Crippen molar-refractivity contribution in [2.24, 2.45) is 0 Å². The predicted octanol–water partition coefficient (Wildman–Crippen LogP) is 3.43. The van der Waals surface area contributed by atoms with E-state index in [-0.39, 0.29) is 18.4 Å². The molecule has 2 N–H and O–H groups in total. The number of anilines is 2. The Morgan fingerprint density at radius 2 is 2.00 bits per heavy atom. The van der Waals surface area contributed by atoms with Crippen LogP contribution in [0.5, 0.6) is 5.75 Å². The fourth-order valence-electron chi connectivity index (χ4n) is 2.98. The topological polar surface area (TPSA) is 80.3 Å². The Morgan fingerprint density at radius 1 is 1.15 bits per heavy atom. The average Bonchev–Trinajstić information content (AvgIpc) is 2.61. The number of carbonyl (C=O) groups is 2. The van der Waals surface area contributed by atoms with Gasteiger partial charge in [0.15, 0.2) is 6.61 Å². The van der Waals surface area contributed by atoms with E-state index in [2.05, 4.69) is 15.6 Å². The fourth-order valence-corrected chi connectivity index (χ4v) is 2.98. The van der Waals surface area contributed by atoms with E-state index in [1.54, 1.807) is 18.2 Å². The number of rotatable bonds is 2. The molecule has 0 fully saturated rings.